The highest BCUT2D eigenvalue weighted by molar-refractivity contribution is 5.96. The van der Waals surface area contributed by atoms with Crippen molar-refractivity contribution in [2.45, 2.75) is 13.2 Å². The van der Waals surface area contributed by atoms with Gasteiger partial charge in [-0.2, -0.15) is 0 Å². The molecule has 6 N–H and O–H groups in total. The van der Waals surface area contributed by atoms with Crippen LogP contribution in [0.15, 0.2) is 72.8 Å². The quantitative estimate of drug-likeness (QED) is 0.382. The first-order chi connectivity index (χ1) is 13.0. The van der Waals surface area contributed by atoms with Crippen molar-refractivity contribution in [3.8, 4) is 11.1 Å². The van der Waals surface area contributed by atoms with Crippen molar-refractivity contribution in [2.75, 3.05) is 0 Å². The molecular formula is C22H22N4O. The van der Waals surface area contributed by atoms with Gasteiger partial charge in [-0.25, -0.2) is 0 Å². The van der Waals surface area contributed by atoms with Crippen LogP contribution in [-0.4, -0.2) is 11.7 Å². The lowest BCUT2D eigenvalue weighted by Gasteiger charge is -2.12. The molecule has 0 aromatic heterocycles. The molecule has 5 nitrogen and oxygen atoms in total. The lowest BCUT2D eigenvalue weighted by molar-refractivity contribution is 0.107. The number of benzene rings is 3. The first-order valence-corrected chi connectivity index (χ1v) is 8.58. The highest BCUT2D eigenvalue weighted by Gasteiger charge is 2.07. The van der Waals surface area contributed by atoms with E-state index in [2.05, 4.69) is 0 Å². The minimum Gasteiger partial charge on any atom is -0.384 e. The van der Waals surface area contributed by atoms with Crippen LogP contribution in [0.1, 0.15) is 22.3 Å². The maximum atomic E-state index is 7.63. The van der Waals surface area contributed by atoms with E-state index in [0.29, 0.717) is 24.3 Å². The highest BCUT2D eigenvalue weighted by atomic mass is 16.5. The normalized spacial score (nSPS) is 10.5. The van der Waals surface area contributed by atoms with Crippen molar-refractivity contribution in [3.05, 3.63) is 95.1 Å². The third-order valence-electron chi connectivity index (χ3n) is 4.29. The maximum absolute atomic E-state index is 7.63. The molecule has 0 saturated heterocycles. The molecule has 0 amide bonds. The van der Waals surface area contributed by atoms with Gasteiger partial charge in [0.1, 0.15) is 11.7 Å². The summed E-state index contributed by atoms with van der Waals surface area (Å²) in [6, 6.07) is 23.2. The van der Waals surface area contributed by atoms with Gasteiger partial charge in [0, 0.05) is 11.1 Å². The molecule has 0 spiro atoms. The minimum absolute atomic E-state index is 0.0552. The van der Waals surface area contributed by atoms with Gasteiger partial charge in [-0.3, -0.25) is 10.8 Å². The van der Waals surface area contributed by atoms with Gasteiger partial charge in [-0.15, -0.1) is 0 Å². The number of hydrogen-bond acceptors (Lipinski definition) is 3. The lowest BCUT2D eigenvalue weighted by Crippen LogP contribution is -2.10. The van der Waals surface area contributed by atoms with E-state index < -0.39 is 0 Å². The van der Waals surface area contributed by atoms with Gasteiger partial charge in [-0.05, 0) is 28.3 Å². The fourth-order valence-electron chi connectivity index (χ4n) is 2.84. The van der Waals surface area contributed by atoms with Gasteiger partial charge < -0.3 is 16.2 Å². The van der Waals surface area contributed by atoms with Crippen LogP contribution in [0.4, 0.5) is 0 Å². The summed E-state index contributed by atoms with van der Waals surface area (Å²) < 4.78 is 5.89. The third kappa shape index (κ3) is 4.59. The van der Waals surface area contributed by atoms with E-state index in [1.807, 2.05) is 72.8 Å². The van der Waals surface area contributed by atoms with Crippen molar-refractivity contribution >= 4 is 11.7 Å². The zero-order valence-corrected chi connectivity index (χ0v) is 14.9. The van der Waals surface area contributed by atoms with E-state index >= 15 is 0 Å². The number of nitrogen functional groups attached to an aromatic ring is 2. The molecule has 0 aliphatic heterocycles. The number of ether oxygens (including phenoxy) is 1. The molecule has 0 heterocycles. The van der Waals surface area contributed by atoms with Gasteiger partial charge in [0.05, 0.1) is 13.2 Å². The molecule has 0 saturated carbocycles. The van der Waals surface area contributed by atoms with E-state index in [1.54, 1.807) is 0 Å². The second-order valence-electron chi connectivity index (χ2n) is 6.26. The molecule has 3 aromatic carbocycles. The highest BCUT2D eigenvalue weighted by Crippen LogP contribution is 2.25. The van der Waals surface area contributed by atoms with Crippen LogP contribution in [0.5, 0.6) is 0 Å². The Morgan fingerprint density at radius 2 is 1.44 bits per heavy atom. The van der Waals surface area contributed by atoms with Crippen molar-refractivity contribution in [1.29, 1.82) is 10.8 Å². The SMILES string of the molecule is N=C(N)c1ccc(COCc2ccccc2-c2cccc(C(=N)N)c2)cc1. The second-order valence-corrected chi connectivity index (χ2v) is 6.26. The number of nitrogens with two attached hydrogens (primary N) is 2. The van der Waals surface area contributed by atoms with Gasteiger partial charge in [0.2, 0.25) is 0 Å². The van der Waals surface area contributed by atoms with Crippen molar-refractivity contribution in [1.82, 2.24) is 0 Å². The Hall–Kier alpha value is -3.44. The lowest BCUT2D eigenvalue weighted by atomic mass is 9.98. The molecule has 3 rings (SSSR count). The fourth-order valence-corrected chi connectivity index (χ4v) is 2.84. The standard InChI is InChI=1S/C22H22N4O/c23-21(24)16-10-8-15(9-11-16)13-27-14-19-4-1-2-7-20(19)17-5-3-6-18(12-17)22(25)26/h1-12H,13-14H2,(H3,23,24)(H3,25,26). The monoisotopic (exact) mass is 358 g/mol. The minimum atomic E-state index is 0.0552. The Labute approximate surface area is 158 Å². The molecule has 0 bridgehead atoms. The smallest absolute Gasteiger partial charge is 0.122 e. The summed E-state index contributed by atoms with van der Waals surface area (Å²) in [5.74, 6) is 0.115. The predicted octanol–water partition coefficient (Wildman–Crippen LogP) is 3.64. The number of nitrogens with one attached hydrogen (secondary N) is 2. The first kappa shape index (κ1) is 18.4. The molecule has 0 atom stereocenters. The van der Waals surface area contributed by atoms with E-state index in [0.717, 1.165) is 22.3 Å². The average molecular weight is 358 g/mol. The summed E-state index contributed by atoms with van der Waals surface area (Å²) in [7, 11) is 0. The largest absolute Gasteiger partial charge is 0.384 e. The zero-order chi connectivity index (χ0) is 19.2. The third-order valence-corrected chi connectivity index (χ3v) is 4.29. The maximum Gasteiger partial charge on any atom is 0.122 e. The fraction of sp³-hybridized carbons (Fsp3) is 0.0909. The van der Waals surface area contributed by atoms with Crippen molar-refractivity contribution in [3.63, 3.8) is 0 Å². The van der Waals surface area contributed by atoms with Crippen LogP contribution in [-0.2, 0) is 18.0 Å². The van der Waals surface area contributed by atoms with Gasteiger partial charge in [0.15, 0.2) is 0 Å². The molecule has 3 aromatic rings. The van der Waals surface area contributed by atoms with Crippen LogP contribution in [0.2, 0.25) is 0 Å². The predicted molar refractivity (Wildman–Crippen MR) is 109 cm³/mol. The molecule has 0 radical (unpaired) electrons. The Kier molecular flexibility index (Phi) is 5.64. The summed E-state index contributed by atoms with van der Waals surface area (Å²) in [6.07, 6.45) is 0. The molecule has 0 fully saturated rings. The summed E-state index contributed by atoms with van der Waals surface area (Å²) >= 11 is 0. The molecule has 136 valence electrons. The summed E-state index contributed by atoms with van der Waals surface area (Å²) in [5.41, 5.74) is 16.6. The first-order valence-electron chi connectivity index (χ1n) is 8.58. The van der Waals surface area contributed by atoms with Crippen LogP contribution in [0, 0.1) is 10.8 Å². The Morgan fingerprint density at radius 1 is 0.741 bits per heavy atom. The van der Waals surface area contributed by atoms with Crippen LogP contribution >= 0.6 is 0 Å². The number of amidine groups is 2. The zero-order valence-electron chi connectivity index (χ0n) is 14.9. The van der Waals surface area contributed by atoms with Crippen molar-refractivity contribution < 1.29 is 4.74 Å². The van der Waals surface area contributed by atoms with Crippen molar-refractivity contribution in [2.24, 2.45) is 11.5 Å². The van der Waals surface area contributed by atoms with Gasteiger partial charge in [-0.1, -0.05) is 66.7 Å². The summed E-state index contributed by atoms with van der Waals surface area (Å²) in [4.78, 5) is 0. The van der Waals surface area contributed by atoms with E-state index in [1.165, 1.54) is 0 Å². The van der Waals surface area contributed by atoms with Gasteiger partial charge in [0.25, 0.3) is 0 Å². The second kappa shape index (κ2) is 8.29. The summed E-state index contributed by atoms with van der Waals surface area (Å²) in [6.45, 7) is 0.939. The molecule has 5 heteroatoms. The molecule has 0 aliphatic rings. The van der Waals surface area contributed by atoms with Crippen LogP contribution < -0.4 is 11.5 Å². The topological polar surface area (TPSA) is 109 Å². The molecule has 0 aliphatic carbocycles. The van der Waals surface area contributed by atoms with Gasteiger partial charge >= 0.3 is 0 Å². The molecular weight excluding hydrogens is 336 g/mol. The number of rotatable bonds is 7. The molecule has 27 heavy (non-hydrogen) atoms. The van der Waals surface area contributed by atoms with Crippen LogP contribution in [0.25, 0.3) is 11.1 Å². The Balaban J connectivity index is 1.72. The Morgan fingerprint density at radius 3 is 2.15 bits per heavy atom. The van der Waals surface area contributed by atoms with Crippen LogP contribution in [0.3, 0.4) is 0 Å². The molecule has 0 unspecified atom stereocenters. The number of hydrogen-bond donors (Lipinski definition) is 4. The van der Waals surface area contributed by atoms with E-state index in [4.69, 9.17) is 27.0 Å². The average Bonchev–Trinajstić information content (AvgIpc) is 2.69. The Bertz CT molecular complexity index is 964. The van der Waals surface area contributed by atoms with E-state index in [9.17, 15) is 0 Å². The van der Waals surface area contributed by atoms with E-state index in [-0.39, 0.29) is 11.7 Å². The summed E-state index contributed by atoms with van der Waals surface area (Å²) in [5, 5.41) is 15.1.